The van der Waals surface area contributed by atoms with Crippen LogP contribution in [0.25, 0.3) is 11.4 Å². The van der Waals surface area contributed by atoms with Gasteiger partial charge in [-0.1, -0.05) is 41.0 Å². The number of rotatable bonds is 7. The van der Waals surface area contributed by atoms with Crippen molar-refractivity contribution < 1.29 is 18.3 Å². The smallest absolute Gasteiger partial charge is 0.387 e. The molecule has 0 saturated heterocycles. The molecule has 2 aromatic carbocycles. The van der Waals surface area contributed by atoms with E-state index in [4.69, 9.17) is 33.8 Å². The summed E-state index contributed by atoms with van der Waals surface area (Å²) in [6.07, 6.45) is 0. The Morgan fingerprint density at radius 1 is 1.14 bits per heavy atom. The number of thioether (sulfide) groups is 1. The van der Waals surface area contributed by atoms with Crippen LogP contribution in [0.15, 0.2) is 41.6 Å². The van der Waals surface area contributed by atoms with Crippen molar-refractivity contribution >= 4 is 35.0 Å². The Morgan fingerprint density at radius 2 is 1.93 bits per heavy atom. The fourth-order valence-electron chi connectivity index (χ4n) is 2.37. The summed E-state index contributed by atoms with van der Waals surface area (Å²) in [5, 5.41) is 9.51. The number of benzene rings is 2. The molecule has 0 aliphatic carbocycles. The normalized spacial score (nSPS) is 11.1. The number of methoxy groups -OCH3 is 1. The van der Waals surface area contributed by atoms with Crippen molar-refractivity contribution in [1.29, 1.82) is 0 Å². The van der Waals surface area contributed by atoms with Gasteiger partial charge in [0.2, 0.25) is 5.16 Å². The number of ether oxygens (including phenoxy) is 2. The Labute approximate surface area is 173 Å². The van der Waals surface area contributed by atoms with Crippen molar-refractivity contribution in [2.45, 2.75) is 17.5 Å². The van der Waals surface area contributed by atoms with Crippen LogP contribution in [-0.4, -0.2) is 28.6 Å². The summed E-state index contributed by atoms with van der Waals surface area (Å²) in [4.78, 5) is 0. The number of aromatic nitrogens is 3. The van der Waals surface area contributed by atoms with E-state index < -0.39 is 6.61 Å². The monoisotopic (exact) mass is 446 g/mol. The van der Waals surface area contributed by atoms with Gasteiger partial charge in [0.15, 0.2) is 17.3 Å². The molecule has 148 valence electrons. The number of hydrogen-bond acceptors (Lipinski definition) is 6. The summed E-state index contributed by atoms with van der Waals surface area (Å²) in [7, 11) is 1.38. The third kappa shape index (κ3) is 4.60. The Morgan fingerprint density at radius 3 is 2.61 bits per heavy atom. The molecule has 0 unspecified atom stereocenters. The highest BCUT2D eigenvalue weighted by Gasteiger charge is 2.16. The predicted octanol–water partition coefficient (Wildman–Crippen LogP) is 4.87. The molecular formula is C17H14Cl2F2N4O2S. The van der Waals surface area contributed by atoms with Crippen LogP contribution in [0, 0.1) is 0 Å². The average molecular weight is 447 g/mol. The van der Waals surface area contributed by atoms with Gasteiger partial charge in [0, 0.05) is 16.3 Å². The third-order valence-electron chi connectivity index (χ3n) is 3.65. The Kier molecular flexibility index (Phi) is 6.48. The molecule has 0 fully saturated rings. The van der Waals surface area contributed by atoms with Crippen LogP contribution in [-0.2, 0) is 5.75 Å². The van der Waals surface area contributed by atoms with E-state index in [9.17, 15) is 8.78 Å². The molecule has 6 nitrogen and oxygen atoms in total. The number of nitrogens with zero attached hydrogens (tertiary/aromatic N) is 3. The standard InChI is InChI=1S/C17H14Cl2F2N4O2S/c1-26-14-6-9(2-5-13(14)27-16(20)21)8-28-17-24-23-15(25(17)22)11-4-3-10(18)7-12(11)19/h2-7,16H,8,22H2,1H3. The van der Waals surface area contributed by atoms with E-state index in [-0.39, 0.29) is 11.5 Å². The molecule has 0 spiro atoms. The fraction of sp³-hybridized carbons (Fsp3) is 0.176. The first kappa shape index (κ1) is 20.5. The van der Waals surface area contributed by atoms with Gasteiger partial charge in [-0.05, 0) is 35.9 Å². The van der Waals surface area contributed by atoms with Gasteiger partial charge in [-0.25, -0.2) is 4.68 Å². The van der Waals surface area contributed by atoms with E-state index in [0.29, 0.717) is 32.3 Å². The minimum atomic E-state index is -2.93. The number of halogens is 4. The molecule has 0 atom stereocenters. The highest BCUT2D eigenvalue weighted by Crippen LogP contribution is 2.33. The molecule has 28 heavy (non-hydrogen) atoms. The summed E-state index contributed by atoms with van der Waals surface area (Å²) in [5.74, 6) is 7.11. The minimum absolute atomic E-state index is 0.0343. The molecule has 0 aliphatic heterocycles. The molecule has 0 amide bonds. The van der Waals surface area contributed by atoms with Crippen molar-refractivity contribution in [2.24, 2.45) is 0 Å². The first-order valence-electron chi connectivity index (χ1n) is 7.79. The highest BCUT2D eigenvalue weighted by atomic mass is 35.5. The molecule has 0 saturated carbocycles. The zero-order valence-corrected chi connectivity index (χ0v) is 16.7. The van der Waals surface area contributed by atoms with Crippen molar-refractivity contribution in [3.63, 3.8) is 0 Å². The molecule has 2 N–H and O–H groups in total. The summed E-state index contributed by atoms with van der Waals surface area (Å²) >= 11 is 13.4. The summed E-state index contributed by atoms with van der Waals surface area (Å²) in [5.41, 5.74) is 1.40. The maximum absolute atomic E-state index is 12.4. The van der Waals surface area contributed by atoms with Crippen LogP contribution in [0.2, 0.25) is 10.0 Å². The Balaban J connectivity index is 1.76. The minimum Gasteiger partial charge on any atom is -0.493 e. The molecular weight excluding hydrogens is 433 g/mol. The van der Waals surface area contributed by atoms with E-state index >= 15 is 0 Å². The van der Waals surface area contributed by atoms with Gasteiger partial charge >= 0.3 is 6.61 Å². The van der Waals surface area contributed by atoms with Gasteiger partial charge in [-0.2, -0.15) is 8.78 Å². The SMILES string of the molecule is COc1cc(CSc2nnc(-c3ccc(Cl)cc3Cl)n2N)ccc1OC(F)F. The van der Waals surface area contributed by atoms with E-state index in [1.165, 1.54) is 29.6 Å². The van der Waals surface area contributed by atoms with Gasteiger partial charge in [-0.3, -0.25) is 0 Å². The summed E-state index contributed by atoms with van der Waals surface area (Å²) in [6, 6.07) is 9.67. The highest BCUT2D eigenvalue weighted by molar-refractivity contribution is 7.98. The van der Waals surface area contributed by atoms with E-state index in [1.807, 2.05) is 0 Å². The number of hydrogen-bond donors (Lipinski definition) is 1. The summed E-state index contributed by atoms with van der Waals surface area (Å²) in [6.45, 7) is -2.93. The molecule has 1 heterocycles. The largest absolute Gasteiger partial charge is 0.493 e. The number of nitrogens with two attached hydrogens (primary N) is 1. The molecule has 3 rings (SSSR count). The third-order valence-corrected chi connectivity index (χ3v) is 5.21. The Hall–Kier alpha value is -2.23. The van der Waals surface area contributed by atoms with Crippen LogP contribution in [0.5, 0.6) is 11.5 Å². The van der Waals surface area contributed by atoms with Crippen molar-refractivity contribution in [1.82, 2.24) is 14.9 Å². The molecule has 1 aromatic heterocycles. The first-order valence-corrected chi connectivity index (χ1v) is 9.53. The Bertz CT molecular complexity index is 988. The second-order valence-electron chi connectivity index (χ2n) is 5.45. The number of alkyl halides is 2. The van der Waals surface area contributed by atoms with Gasteiger partial charge < -0.3 is 15.3 Å². The topological polar surface area (TPSA) is 75.2 Å². The van der Waals surface area contributed by atoms with E-state index in [2.05, 4.69) is 14.9 Å². The lowest BCUT2D eigenvalue weighted by Gasteiger charge is -2.11. The van der Waals surface area contributed by atoms with Crippen LogP contribution in [0.1, 0.15) is 5.56 Å². The number of nitrogen functional groups attached to an aromatic ring is 1. The molecule has 0 bridgehead atoms. The zero-order chi connectivity index (χ0) is 20.3. The fourth-order valence-corrected chi connectivity index (χ4v) is 3.67. The van der Waals surface area contributed by atoms with Crippen molar-refractivity contribution in [3.05, 3.63) is 52.0 Å². The predicted molar refractivity (Wildman–Crippen MR) is 105 cm³/mol. The van der Waals surface area contributed by atoms with Gasteiger partial charge in [0.1, 0.15) is 0 Å². The molecule has 0 radical (unpaired) electrons. The van der Waals surface area contributed by atoms with Crippen LogP contribution in [0.3, 0.4) is 0 Å². The van der Waals surface area contributed by atoms with Gasteiger partial charge in [-0.15, -0.1) is 10.2 Å². The van der Waals surface area contributed by atoms with Gasteiger partial charge in [0.25, 0.3) is 0 Å². The zero-order valence-electron chi connectivity index (χ0n) is 14.4. The quantitative estimate of drug-likeness (QED) is 0.412. The van der Waals surface area contributed by atoms with E-state index in [1.54, 1.807) is 30.3 Å². The second-order valence-corrected chi connectivity index (χ2v) is 7.24. The van der Waals surface area contributed by atoms with Crippen molar-refractivity contribution in [2.75, 3.05) is 13.0 Å². The lowest BCUT2D eigenvalue weighted by molar-refractivity contribution is -0.0512. The maximum Gasteiger partial charge on any atom is 0.387 e. The maximum atomic E-state index is 12.4. The summed E-state index contributed by atoms with van der Waals surface area (Å²) < 4.78 is 35.7. The lowest BCUT2D eigenvalue weighted by atomic mass is 10.2. The second kappa shape index (κ2) is 8.85. The lowest BCUT2D eigenvalue weighted by Crippen LogP contribution is -2.11. The van der Waals surface area contributed by atoms with Crippen LogP contribution >= 0.6 is 35.0 Å². The van der Waals surface area contributed by atoms with Crippen LogP contribution in [0.4, 0.5) is 8.78 Å². The van der Waals surface area contributed by atoms with Crippen LogP contribution < -0.4 is 15.3 Å². The molecule has 3 aromatic rings. The van der Waals surface area contributed by atoms with Gasteiger partial charge in [0.05, 0.1) is 12.1 Å². The van der Waals surface area contributed by atoms with E-state index in [0.717, 1.165) is 5.56 Å². The first-order chi connectivity index (χ1) is 13.4. The van der Waals surface area contributed by atoms with Crippen molar-refractivity contribution in [3.8, 4) is 22.9 Å². The average Bonchev–Trinajstić information content (AvgIpc) is 3.01. The molecule has 0 aliphatic rings. The molecule has 11 heteroatoms.